The summed E-state index contributed by atoms with van der Waals surface area (Å²) in [5.41, 5.74) is 1.97. The largest absolute Gasteiger partial charge is 0.481 e. The van der Waals surface area contributed by atoms with Crippen molar-refractivity contribution in [2.45, 2.75) is 19.3 Å². The van der Waals surface area contributed by atoms with E-state index in [1.807, 2.05) is 0 Å². The molecule has 1 fully saturated rings. The minimum absolute atomic E-state index is 0.0432. The van der Waals surface area contributed by atoms with Gasteiger partial charge in [-0.2, -0.15) is 0 Å². The molecule has 2 amide bonds. The maximum absolute atomic E-state index is 13.0. The normalized spacial score (nSPS) is 16.4. The lowest BCUT2D eigenvalue weighted by Gasteiger charge is -2.16. The molecular weight excluding hydrogens is 351 g/mol. The van der Waals surface area contributed by atoms with E-state index >= 15 is 0 Å². The van der Waals surface area contributed by atoms with E-state index in [0.29, 0.717) is 30.8 Å². The molecule has 2 N–H and O–H groups in total. The van der Waals surface area contributed by atoms with Gasteiger partial charge in [0, 0.05) is 24.3 Å². The number of carboxylic acids is 1. The van der Waals surface area contributed by atoms with Crippen LogP contribution in [0.4, 0.5) is 15.8 Å². The van der Waals surface area contributed by atoms with Crippen molar-refractivity contribution >= 4 is 29.2 Å². The van der Waals surface area contributed by atoms with Crippen LogP contribution in [0, 0.1) is 11.7 Å². The van der Waals surface area contributed by atoms with Crippen molar-refractivity contribution in [3.8, 4) is 0 Å². The van der Waals surface area contributed by atoms with Gasteiger partial charge in [0.15, 0.2) is 0 Å². The fourth-order valence-corrected chi connectivity index (χ4v) is 3.04. The summed E-state index contributed by atoms with van der Waals surface area (Å²) in [4.78, 5) is 37.1. The Hall–Kier alpha value is -3.22. The van der Waals surface area contributed by atoms with E-state index < -0.39 is 11.9 Å². The van der Waals surface area contributed by atoms with E-state index in [4.69, 9.17) is 5.11 Å². The van der Waals surface area contributed by atoms with Crippen molar-refractivity contribution in [1.29, 1.82) is 0 Å². The van der Waals surface area contributed by atoms with Gasteiger partial charge in [-0.3, -0.25) is 14.4 Å². The van der Waals surface area contributed by atoms with E-state index in [9.17, 15) is 18.8 Å². The second kappa shape index (κ2) is 7.99. The quantitative estimate of drug-likeness (QED) is 0.766. The number of nitrogens with zero attached hydrogens (tertiary/aromatic N) is 1. The van der Waals surface area contributed by atoms with Crippen LogP contribution in [0.1, 0.15) is 18.4 Å². The van der Waals surface area contributed by atoms with Crippen LogP contribution in [-0.2, 0) is 20.8 Å². The Morgan fingerprint density at radius 1 is 1.11 bits per heavy atom. The van der Waals surface area contributed by atoms with Crippen LogP contribution in [0.15, 0.2) is 48.5 Å². The fourth-order valence-electron chi connectivity index (χ4n) is 3.04. The first-order valence-electron chi connectivity index (χ1n) is 8.62. The molecule has 1 saturated heterocycles. The highest BCUT2D eigenvalue weighted by atomic mass is 19.1. The van der Waals surface area contributed by atoms with Gasteiger partial charge in [-0.1, -0.05) is 12.1 Å². The molecule has 1 heterocycles. The average Bonchev–Trinajstić information content (AvgIpc) is 3.03. The van der Waals surface area contributed by atoms with Crippen LogP contribution in [0.25, 0.3) is 0 Å². The molecule has 6 nitrogen and oxygen atoms in total. The lowest BCUT2D eigenvalue weighted by molar-refractivity contribution is -0.137. The van der Waals surface area contributed by atoms with Gasteiger partial charge in [-0.05, 0) is 54.8 Å². The van der Waals surface area contributed by atoms with Gasteiger partial charge in [-0.25, -0.2) is 4.39 Å². The maximum atomic E-state index is 13.0. The molecular formula is C20H19FN2O4. The lowest BCUT2D eigenvalue weighted by atomic mass is 10.1. The summed E-state index contributed by atoms with van der Waals surface area (Å²) in [7, 11) is 0. The molecule has 1 atom stereocenters. The number of rotatable bonds is 6. The molecule has 2 aromatic carbocycles. The van der Waals surface area contributed by atoms with Crippen LogP contribution in [0.5, 0.6) is 0 Å². The third-order valence-corrected chi connectivity index (χ3v) is 4.51. The number of carbonyl (C=O) groups excluding carboxylic acids is 2. The summed E-state index contributed by atoms with van der Waals surface area (Å²) in [5.74, 6) is -2.73. The number of anilines is 2. The van der Waals surface area contributed by atoms with Gasteiger partial charge in [-0.15, -0.1) is 0 Å². The molecule has 1 aliphatic rings. The molecule has 140 valence electrons. The van der Waals surface area contributed by atoms with Gasteiger partial charge in [0.05, 0.1) is 0 Å². The Morgan fingerprint density at radius 2 is 1.78 bits per heavy atom. The maximum Gasteiger partial charge on any atom is 0.303 e. The molecule has 1 aliphatic heterocycles. The zero-order valence-corrected chi connectivity index (χ0v) is 14.5. The highest BCUT2D eigenvalue weighted by Crippen LogP contribution is 2.26. The first-order valence-corrected chi connectivity index (χ1v) is 8.62. The van der Waals surface area contributed by atoms with Gasteiger partial charge >= 0.3 is 5.97 Å². The summed E-state index contributed by atoms with van der Waals surface area (Å²) in [5, 5.41) is 11.4. The lowest BCUT2D eigenvalue weighted by Crippen LogP contribution is -2.33. The standard InChI is InChI=1S/C20H19FN2O4/c21-14-4-8-16(9-5-14)23-12-11-17(20(23)27)19(26)22-15-6-1-13(2-7-15)3-10-18(24)25/h1-2,4-9,17H,3,10-12H2,(H,22,26)(H,24,25). The topological polar surface area (TPSA) is 86.7 Å². The van der Waals surface area contributed by atoms with Crippen LogP contribution in [0.3, 0.4) is 0 Å². The van der Waals surface area contributed by atoms with Crippen LogP contribution in [0.2, 0.25) is 0 Å². The van der Waals surface area contributed by atoms with Crippen LogP contribution < -0.4 is 10.2 Å². The van der Waals surface area contributed by atoms with Crippen molar-refractivity contribution in [3.63, 3.8) is 0 Å². The highest BCUT2D eigenvalue weighted by Gasteiger charge is 2.37. The minimum atomic E-state index is -0.863. The third-order valence-electron chi connectivity index (χ3n) is 4.51. The van der Waals surface area contributed by atoms with Crippen molar-refractivity contribution < 1.29 is 23.9 Å². The highest BCUT2D eigenvalue weighted by molar-refractivity contribution is 6.13. The number of hydrogen-bond donors (Lipinski definition) is 2. The van der Waals surface area contributed by atoms with Crippen LogP contribution in [-0.4, -0.2) is 29.4 Å². The van der Waals surface area contributed by atoms with Crippen molar-refractivity contribution in [2.24, 2.45) is 5.92 Å². The molecule has 0 spiro atoms. The summed E-state index contributed by atoms with van der Waals surface area (Å²) in [6, 6.07) is 12.5. The zero-order valence-electron chi connectivity index (χ0n) is 14.5. The predicted molar refractivity (Wildman–Crippen MR) is 97.9 cm³/mol. The smallest absolute Gasteiger partial charge is 0.303 e. The molecule has 27 heavy (non-hydrogen) atoms. The Bertz CT molecular complexity index is 849. The molecule has 0 aromatic heterocycles. The first-order chi connectivity index (χ1) is 12.9. The number of carboxylic acid groups (broad SMARTS) is 1. The van der Waals surface area contributed by atoms with E-state index in [2.05, 4.69) is 5.32 Å². The molecule has 0 aliphatic carbocycles. The predicted octanol–water partition coefficient (Wildman–Crippen LogP) is 2.83. The van der Waals surface area contributed by atoms with E-state index in [0.717, 1.165) is 5.56 Å². The number of aryl methyl sites for hydroxylation is 1. The summed E-state index contributed by atoms with van der Waals surface area (Å²) >= 11 is 0. The average molecular weight is 370 g/mol. The Kier molecular flexibility index (Phi) is 5.49. The molecule has 3 rings (SSSR count). The number of nitrogens with one attached hydrogen (secondary N) is 1. The van der Waals surface area contributed by atoms with Crippen molar-refractivity contribution in [3.05, 3.63) is 59.9 Å². The van der Waals surface area contributed by atoms with E-state index in [1.54, 1.807) is 24.3 Å². The minimum Gasteiger partial charge on any atom is -0.481 e. The monoisotopic (exact) mass is 370 g/mol. The van der Waals surface area contributed by atoms with Crippen LogP contribution >= 0.6 is 0 Å². The number of carbonyl (C=O) groups is 3. The molecule has 1 unspecified atom stereocenters. The third kappa shape index (κ3) is 4.49. The number of amides is 2. The van der Waals surface area contributed by atoms with Crippen molar-refractivity contribution in [1.82, 2.24) is 0 Å². The summed E-state index contributed by atoms with van der Waals surface area (Å²) < 4.78 is 13.0. The molecule has 0 saturated carbocycles. The number of aliphatic carboxylic acids is 1. The Balaban J connectivity index is 1.60. The second-order valence-electron chi connectivity index (χ2n) is 6.39. The number of benzene rings is 2. The van der Waals surface area contributed by atoms with E-state index in [-0.39, 0.29) is 24.1 Å². The Morgan fingerprint density at radius 3 is 2.41 bits per heavy atom. The van der Waals surface area contributed by atoms with E-state index in [1.165, 1.54) is 29.2 Å². The number of halogens is 1. The van der Waals surface area contributed by atoms with Crippen molar-refractivity contribution in [2.75, 3.05) is 16.8 Å². The first kappa shape index (κ1) is 18.6. The Labute approximate surface area is 155 Å². The van der Waals surface area contributed by atoms with Gasteiger partial charge in [0.2, 0.25) is 11.8 Å². The SMILES string of the molecule is O=C(O)CCc1ccc(NC(=O)C2CCN(c3ccc(F)cc3)C2=O)cc1. The fraction of sp³-hybridized carbons (Fsp3) is 0.250. The second-order valence-corrected chi connectivity index (χ2v) is 6.39. The van der Waals surface area contributed by atoms with Gasteiger partial charge in [0.25, 0.3) is 0 Å². The molecule has 7 heteroatoms. The molecule has 0 radical (unpaired) electrons. The van der Waals surface area contributed by atoms with Gasteiger partial charge < -0.3 is 15.3 Å². The number of hydrogen-bond acceptors (Lipinski definition) is 3. The molecule has 2 aromatic rings. The summed E-state index contributed by atoms with van der Waals surface area (Å²) in [6.07, 6.45) is 0.845. The molecule has 0 bridgehead atoms. The van der Waals surface area contributed by atoms with Gasteiger partial charge in [0.1, 0.15) is 11.7 Å². The summed E-state index contributed by atoms with van der Waals surface area (Å²) in [6.45, 7) is 0.399. The zero-order chi connectivity index (χ0) is 19.4.